The molecular formula is C15H23N3O. The van der Waals surface area contributed by atoms with E-state index >= 15 is 0 Å². The molecule has 0 spiro atoms. The fourth-order valence-electron chi connectivity index (χ4n) is 3.09. The lowest BCUT2D eigenvalue weighted by Gasteiger charge is -2.17. The molecule has 0 amide bonds. The summed E-state index contributed by atoms with van der Waals surface area (Å²) >= 11 is 0. The Hall–Kier alpha value is -1.00. The van der Waals surface area contributed by atoms with E-state index in [1.807, 2.05) is 12.3 Å². The van der Waals surface area contributed by atoms with Crippen LogP contribution in [0.1, 0.15) is 50.5 Å². The Morgan fingerprint density at radius 1 is 1.42 bits per heavy atom. The van der Waals surface area contributed by atoms with E-state index in [2.05, 4.69) is 24.1 Å². The highest BCUT2D eigenvalue weighted by Crippen LogP contribution is 2.43. The Kier molecular flexibility index (Phi) is 3.80. The highest BCUT2D eigenvalue weighted by atomic mass is 16.5. The van der Waals surface area contributed by atoms with Gasteiger partial charge < -0.3 is 10.1 Å². The predicted octanol–water partition coefficient (Wildman–Crippen LogP) is 2.26. The molecule has 0 aromatic carbocycles. The molecule has 1 aromatic heterocycles. The molecule has 0 aliphatic carbocycles. The third-order valence-corrected chi connectivity index (χ3v) is 4.03. The third kappa shape index (κ3) is 2.95. The molecule has 2 aliphatic heterocycles. The zero-order chi connectivity index (χ0) is 13.2. The molecule has 4 heteroatoms. The first-order valence-electron chi connectivity index (χ1n) is 7.40. The molecule has 2 fully saturated rings. The van der Waals surface area contributed by atoms with Gasteiger partial charge in [0.1, 0.15) is 5.82 Å². The van der Waals surface area contributed by atoms with Gasteiger partial charge in [0.2, 0.25) is 0 Å². The Balaban J connectivity index is 1.63. The maximum absolute atomic E-state index is 5.90. The number of ether oxygens (including phenoxy) is 1. The molecule has 104 valence electrons. The third-order valence-electron chi connectivity index (χ3n) is 4.03. The molecule has 19 heavy (non-hydrogen) atoms. The summed E-state index contributed by atoms with van der Waals surface area (Å²) in [6.07, 6.45) is 6.21. The van der Waals surface area contributed by atoms with Crippen LogP contribution in [-0.2, 0) is 11.3 Å². The first kappa shape index (κ1) is 13.0. The predicted molar refractivity (Wildman–Crippen MR) is 73.8 cm³/mol. The van der Waals surface area contributed by atoms with Crippen molar-refractivity contribution in [2.75, 3.05) is 6.54 Å². The van der Waals surface area contributed by atoms with Gasteiger partial charge in [-0.3, -0.25) is 0 Å². The summed E-state index contributed by atoms with van der Waals surface area (Å²) in [4.78, 5) is 9.18. The van der Waals surface area contributed by atoms with Crippen molar-refractivity contribution in [3.8, 4) is 0 Å². The molecule has 2 aliphatic rings. The van der Waals surface area contributed by atoms with E-state index in [1.54, 1.807) is 0 Å². The molecule has 0 radical (unpaired) electrons. The van der Waals surface area contributed by atoms with Gasteiger partial charge in [-0.25, -0.2) is 9.97 Å². The van der Waals surface area contributed by atoms with Crippen molar-refractivity contribution >= 4 is 0 Å². The maximum atomic E-state index is 5.90. The molecule has 2 saturated heterocycles. The molecule has 3 rings (SSSR count). The van der Waals surface area contributed by atoms with Gasteiger partial charge >= 0.3 is 0 Å². The minimum absolute atomic E-state index is 0.365. The number of hydrogen-bond donors (Lipinski definition) is 1. The first-order valence-corrected chi connectivity index (χ1v) is 7.40. The summed E-state index contributed by atoms with van der Waals surface area (Å²) < 4.78 is 5.90. The molecule has 4 nitrogen and oxygen atoms in total. The van der Waals surface area contributed by atoms with Gasteiger partial charge in [0, 0.05) is 18.7 Å². The number of rotatable bonds is 5. The fraction of sp³-hybridized carbons (Fsp3) is 0.733. The van der Waals surface area contributed by atoms with Crippen molar-refractivity contribution in [2.45, 2.75) is 57.8 Å². The second-order valence-corrected chi connectivity index (χ2v) is 6.15. The van der Waals surface area contributed by atoms with Gasteiger partial charge in [-0.2, -0.15) is 0 Å². The minimum Gasteiger partial charge on any atom is -0.374 e. The monoisotopic (exact) mass is 261 g/mol. The Morgan fingerprint density at radius 3 is 3.00 bits per heavy atom. The lowest BCUT2D eigenvalue weighted by molar-refractivity contribution is 0.0998. The van der Waals surface area contributed by atoms with Crippen molar-refractivity contribution in [3.05, 3.63) is 23.8 Å². The number of nitrogens with one attached hydrogen (secondary N) is 1. The van der Waals surface area contributed by atoms with Crippen LogP contribution in [0.4, 0.5) is 0 Å². The van der Waals surface area contributed by atoms with Crippen molar-refractivity contribution in [1.29, 1.82) is 0 Å². The highest BCUT2D eigenvalue weighted by Gasteiger charge is 2.42. The number of fused-ring (bicyclic) bond motifs is 2. The molecule has 1 N–H and O–H groups in total. The normalized spacial score (nSPS) is 29.3. The zero-order valence-electron chi connectivity index (χ0n) is 11.8. The van der Waals surface area contributed by atoms with Crippen LogP contribution >= 0.6 is 0 Å². The summed E-state index contributed by atoms with van der Waals surface area (Å²) in [6.45, 7) is 6.28. The number of nitrogens with zero attached hydrogens (tertiary/aromatic N) is 2. The van der Waals surface area contributed by atoms with E-state index in [0.29, 0.717) is 24.0 Å². The smallest absolute Gasteiger partial charge is 0.134 e. The van der Waals surface area contributed by atoms with E-state index < -0.39 is 0 Å². The van der Waals surface area contributed by atoms with Crippen LogP contribution < -0.4 is 5.32 Å². The molecule has 3 heterocycles. The van der Waals surface area contributed by atoms with Crippen LogP contribution in [0.5, 0.6) is 0 Å². The van der Waals surface area contributed by atoms with E-state index in [9.17, 15) is 0 Å². The summed E-state index contributed by atoms with van der Waals surface area (Å²) in [5, 5.41) is 3.43. The van der Waals surface area contributed by atoms with Gasteiger partial charge in [-0.15, -0.1) is 0 Å². The first-order chi connectivity index (χ1) is 9.22. The largest absolute Gasteiger partial charge is 0.374 e. The second kappa shape index (κ2) is 5.55. The van der Waals surface area contributed by atoms with Crippen molar-refractivity contribution < 1.29 is 4.74 Å². The van der Waals surface area contributed by atoms with Crippen LogP contribution in [0.3, 0.4) is 0 Å². The Morgan fingerprint density at radius 2 is 2.32 bits per heavy atom. The van der Waals surface area contributed by atoms with E-state index in [4.69, 9.17) is 9.72 Å². The second-order valence-electron chi connectivity index (χ2n) is 6.15. The summed E-state index contributed by atoms with van der Waals surface area (Å²) in [5.41, 5.74) is 1.09. The van der Waals surface area contributed by atoms with Gasteiger partial charge in [0.15, 0.2) is 0 Å². The average Bonchev–Trinajstić information content (AvgIpc) is 3.01. The summed E-state index contributed by atoms with van der Waals surface area (Å²) in [5.74, 6) is 2.07. The number of aromatic nitrogens is 2. The zero-order valence-corrected chi connectivity index (χ0v) is 11.8. The fourth-order valence-corrected chi connectivity index (χ4v) is 3.09. The molecule has 3 atom stereocenters. The SMILES string of the molecule is CC(C)CNCc1ccnc(C2CC3CCC2O3)n1. The Labute approximate surface area is 115 Å². The molecule has 2 bridgehead atoms. The quantitative estimate of drug-likeness (QED) is 0.883. The maximum Gasteiger partial charge on any atom is 0.134 e. The molecule has 1 aromatic rings. The van der Waals surface area contributed by atoms with Crippen LogP contribution in [0.25, 0.3) is 0 Å². The van der Waals surface area contributed by atoms with Crippen molar-refractivity contribution in [3.63, 3.8) is 0 Å². The molecule has 3 unspecified atom stereocenters. The minimum atomic E-state index is 0.365. The van der Waals surface area contributed by atoms with Gasteiger partial charge in [-0.05, 0) is 37.8 Å². The molecular weight excluding hydrogens is 238 g/mol. The van der Waals surface area contributed by atoms with Gasteiger partial charge in [0.05, 0.1) is 17.9 Å². The lowest BCUT2D eigenvalue weighted by Crippen LogP contribution is -2.21. The van der Waals surface area contributed by atoms with Crippen LogP contribution in [0.2, 0.25) is 0 Å². The van der Waals surface area contributed by atoms with E-state index in [0.717, 1.165) is 31.0 Å². The molecule has 0 saturated carbocycles. The van der Waals surface area contributed by atoms with E-state index in [1.165, 1.54) is 12.8 Å². The van der Waals surface area contributed by atoms with Crippen LogP contribution in [0, 0.1) is 5.92 Å². The average molecular weight is 261 g/mol. The van der Waals surface area contributed by atoms with Crippen LogP contribution in [0.15, 0.2) is 12.3 Å². The van der Waals surface area contributed by atoms with E-state index in [-0.39, 0.29) is 0 Å². The standard InChI is InChI=1S/C15H23N3O/c1-10(2)8-16-9-11-5-6-17-15(18-11)13-7-12-3-4-14(13)19-12/h5-6,10,12-14,16H,3-4,7-9H2,1-2H3. The number of hydrogen-bond acceptors (Lipinski definition) is 4. The van der Waals surface area contributed by atoms with Crippen molar-refractivity contribution in [2.24, 2.45) is 5.92 Å². The highest BCUT2D eigenvalue weighted by molar-refractivity contribution is 5.11. The lowest BCUT2D eigenvalue weighted by atomic mass is 9.88. The Bertz CT molecular complexity index is 435. The van der Waals surface area contributed by atoms with Gasteiger partial charge in [-0.1, -0.05) is 13.8 Å². The summed E-state index contributed by atoms with van der Waals surface area (Å²) in [6, 6.07) is 2.00. The van der Waals surface area contributed by atoms with Gasteiger partial charge in [0.25, 0.3) is 0 Å². The van der Waals surface area contributed by atoms with Crippen molar-refractivity contribution in [1.82, 2.24) is 15.3 Å². The topological polar surface area (TPSA) is 47.0 Å². The van der Waals surface area contributed by atoms with Crippen LogP contribution in [-0.4, -0.2) is 28.7 Å². The summed E-state index contributed by atoms with van der Waals surface area (Å²) in [7, 11) is 0.